The van der Waals surface area contributed by atoms with Gasteiger partial charge in [-0.3, -0.25) is 0 Å². The Labute approximate surface area is 161 Å². The van der Waals surface area contributed by atoms with Gasteiger partial charge in [-0.15, -0.1) is 0 Å². The predicted molar refractivity (Wildman–Crippen MR) is 105 cm³/mol. The Bertz CT molecular complexity index is 623. The molecule has 1 saturated carbocycles. The highest BCUT2D eigenvalue weighted by atomic mass is 16.5. The van der Waals surface area contributed by atoms with Gasteiger partial charge in [-0.1, -0.05) is 25.3 Å². The molecule has 0 radical (unpaired) electrons. The molecule has 2 aliphatic rings. The van der Waals surface area contributed by atoms with Gasteiger partial charge in [0, 0.05) is 31.2 Å². The van der Waals surface area contributed by atoms with Gasteiger partial charge in [0.25, 0.3) is 0 Å². The van der Waals surface area contributed by atoms with Crippen molar-refractivity contribution in [3.05, 3.63) is 23.8 Å². The zero-order chi connectivity index (χ0) is 19.1. The zero-order valence-electron chi connectivity index (χ0n) is 16.5. The van der Waals surface area contributed by atoms with Crippen molar-refractivity contribution in [2.45, 2.75) is 56.4 Å². The Morgan fingerprint density at radius 3 is 2.48 bits per heavy atom. The minimum absolute atomic E-state index is 0.0618. The van der Waals surface area contributed by atoms with Crippen LogP contribution in [0.5, 0.6) is 11.5 Å². The maximum atomic E-state index is 12.5. The average molecular weight is 376 g/mol. The van der Waals surface area contributed by atoms with Crippen LogP contribution in [-0.4, -0.2) is 46.1 Å². The van der Waals surface area contributed by atoms with Crippen molar-refractivity contribution in [2.24, 2.45) is 0 Å². The van der Waals surface area contributed by atoms with Crippen LogP contribution < -0.4 is 20.1 Å². The summed E-state index contributed by atoms with van der Waals surface area (Å²) < 4.78 is 16.4. The summed E-state index contributed by atoms with van der Waals surface area (Å²) in [6.07, 6.45) is 7.60. The van der Waals surface area contributed by atoms with Gasteiger partial charge in [0.1, 0.15) is 0 Å². The molecule has 1 aromatic carbocycles. The number of amides is 2. The van der Waals surface area contributed by atoms with Gasteiger partial charge in [-0.05, 0) is 43.4 Å². The summed E-state index contributed by atoms with van der Waals surface area (Å²) in [6.45, 7) is 1.98. The number of ether oxygens (including phenoxy) is 3. The number of rotatable bonds is 6. The highest BCUT2D eigenvalue weighted by molar-refractivity contribution is 5.74. The van der Waals surface area contributed by atoms with Crippen LogP contribution in [0.1, 0.15) is 50.5 Å². The summed E-state index contributed by atoms with van der Waals surface area (Å²) >= 11 is 0. The Morgan fingerprint density at radius 2 is 1.81 bits per heavy atom. The van der Waals surface area contributed by atoms with Crippen molar-refractivity contribution < 1.29 is 19.0 Å². The molecule has 1 heterocycles. The molecule has 1 aromatic rings. The third-order valence-electron chi connectivity index (χ3n) is 5.97. The van der Waals surface area contributed by atoms with Crippen LogP contribution in [-0.2, 0) is 10.2 Å². The third-order valence-corrected chi connectivity index (χ3v) is 5.97. The fraction of sp³-hybridized carbons (Fsp3) is 0.667. The molecule has 0 unspecified atom stereocenters. The van der Waals surface area contributed by atoms with E-state index in [0.29, 0.717) is 37.3 Å². The third kappa shape index (κ3) is 4.86. The van der Waals surface area contributed by atoms with Crippen LogP contribution in [0.4, 0.5) is 4.79 Å². The lowest BCUT2D eigenvalue weighted by Gasteiger charge is -2.38. The lowest BCUT2D eigenvalue weighted by atomic mass is 9.74. The number of hydrogen-bond donors (Lipinski definition) is 2. The first kappa shape index (κ1) is 19.8. The fourth-order valence-electron chi connectivity index (χ4n) is 4.23. The van der Waals surface area contributed by atoms with Crippen molar-refractivity contribution in [1.29, 1.82) is 0 Å². The lowest BCUT2D eigenvalue weighted by molar-refractivity contribution is 0.0505. The Morgan fingerprint density at radius 1 is 1.11 bits per heavy atom. The first-order chi connectivity index (χ1) is 13.2. The monoisotopic (exact) mass is 376 g/mol. The minimum atomic E-state index is -0.151. The van der Waals surface area contributed by atoms with Crippen LogP contribution in [0, 0.1) is 0 Å². The van der Waals surface area contributed by atoms with Crippen LogP contribution in [0.3, 0.4) is 0 Å². The molecule has 3 rings (SSSR count). The highest BCUT2D eigenvalue weighted by Crippen LogP contribution is 2.38. The van der Waals surface area contributed by atoms with Gasteiger partial charge in [0.15, 0.2) is 11.5 Å². The fourth-order valence-corrected chi connectivity index (χ4v) is 4.23. The SMILES string of the molecule is COc1ccc(C2(CNC(=O)NC3CCCCC3)CCOCC2)cc1OC. The summed E-state index contributed by atoms with van der Waals surface area (Å²) in [7, 11) is 3.28. The molecule has 27 heavy (non-hydrogen) atoms. The number of nitrogens with one attached hydrogen (secondary N) is 2. The maximum absolute atomic E-state index is 12.5. The largest absolute Gasteiger partial charge is 0.493 e. The van der Waals surface area contributed by atoms with E-state index in [9.17, 15) is 4.79 Å². The summed E-state index contributed by atoms with van der Waals surface area (Å²) in [5, 5.41) is 6.27. The van der Waals surface area contributed by atoms with Crippen molar-refractivity contribution >= 4 is 6.03 Å². The van der Waals surface area contributed by atoms with Crippen molar-refractivity contribution in [2.75, 3.05) is 34.0 Å². The summed E-state index contributed by atoms with van der Waals surface area (Å²) in [5.74, 6) is 1.43. The predicted octanol–water partition coefficient (Wildman–Crippen LogP) is 3.38. The molecular formula is C21H32N2O4. The van der Waals surface area contributed by atoms with Gasteiger partial charge in [-0.2, -0.15) is 0 Å². The van der Waals surface area contributed by atoms with E-state index in [-0.39, 0.29) is 11.4 Å². The molecule has 0 aromatic heterocycles. The smallest absolute Gasteiger partial charge is 0.315 e. The van der Waals surface area contributed by atoms with Gasteiger partial charge in [0.05, 0.1) is 14.2 Å². The van der Waals surface area contributed by atoms with E-state index in [1.54, 1.807) is 14.2 Å². The number of methoxy groups -OCH3 is 2. The first-order valence-corrected chi connectivity index (χ1v) is 10.0. The van der Waals surface area contributed by atoms with Crippen molar-refractivity contribution in [1.82, 2.24) is 10.6 Å². The van der Waals surface area contributed by atoms with E-state index in [0.717, 1.165) is 31.2 Å². The number of urea groups is 1. The molecular weight excluding hydrogens is 344 g/mol. The lowest BCUT2D eigenvalue weighted by Crippen LogP contribution is -2.49. The molecule has 1 aliphatic carbocycles. The molecule has 1 aliphatic heterocycles. The zero-order valence-corrected chi connectivity index (χ0v) is 16.5. The molecule has 2 amide bonds. The molecule has 0 atom stereocenters. The highest BCUT2D eigenvalue weighted by Gasteiger charge is 2.35. The van der Waals surface area contributed by atoms with Crippen LogP contribution in [0.25, 0.3) is 0 Å². The van der Waals surface area contributed by atoms with Gasteiger partial charge < -0.3 is 24.8 Å². The second-order valence-electron chi connectivity index (χ2n) is 7.62. The van der Waals surface area contributed by atoms with Crippen LogP contribution >= 0.6 is 0 Å². The number of benzene rings is 1. The number of carbonyl (C=O) groups is 1. The normalized spacial score (nSPS) is 19.9. The van der Waals surface area contributed by atoms with Crippen LogP contribution in [0.2, 0.25) is 0 Å². The van der Waals surface area contributed by atoms with Gasteiger partial charge >= 0.3 is 6.03 Å². The van der Waals surface area contributed by atoms with Crippen molar-refractivity contribution in [3.8, 4) is 11.5 Å². The van der Waals surface area contributed by atoms with Gasteiger partial charge in [-0.25, -0.2) is 4.79 Å². The molecule has 0 spiro atoms. The minimum Gasteiger partial charge on any atom is -0.493 e. The summed E-state index contributed by atoms with van der Waals surface area (Å²) in [5.41, 5.74) is 1.00. The molecule has 2 fully saturated rings. The van der Waals surface area contributed by atoms with E-state index in [1.807, 2.05) is 12.1 Å². The second-order valence-corrected chi connectivity index (χ2v) is 7.62. The van der Waals surface area contributed by atoms with Gasteiger partial charge in [0.2, 0.25) is 0 Å². The Kier molecular flexibility index (Phi) is 6.83. The molecule has 150 valence electrons. The summed E-state index contributed by atoms with van der Waals surface area (Å²) in [6, 6.07) is 6.30. The molecule has 6 nitrogen and oxygen atoms in total. The Hall–Kier alpha value is -1.95. The first-order valence-electron chi connectivity index (χ1n) is 10.0. The van der Waals surface area contributed by atoms with E-state index < -0.39 is 0 Å². The second kappa shape index (κ2) is 9.31. The molecule has 6 heteroatoms. The maximum Gasteiger partial charge on any atom is 0.315 e. The molecule has 2 N–H and O–H groups in total. The van der Waals surface area contributed by atoms with E-state index >= 15 is 0 Å². The topological polar surface area (TPSA) is 68.8 Å². The molecule has 0 bridgehead atoms. The molecule has 1 saturated heterocycles. The number of hydrogen-bond acceptors (Lipinski definition) is 4. The quantitative estimate of drug-likeness (QED) is 0.799. The van der Waals surface area contributed by atoms with Crippen LogP contribution in [0.15, 0.2) is 18.2 Å². The average Bonchev–Trinajstić information content (AvgIpc) is 2.73. The van der Waals surface area contributed by atoms with E-state index in [2.05, 4.69) is 16.7 Å². The summed E-state index contributed by atoms with van der Waals surface area (Å²) in [4.78, 5) is 12.5. The van der Waals surface area contributed by atoms with E-state index in [4.69, 9.17) is 14.2 Å². The van der Waals surface area contributed by atoms with Crippen molar-refractivity contribution in [3.63, 3.8) is 0 Å². The van der Waals surface area contributed by atoms with E-state index in [1.165, 1.54) is 19.3 Å². The standard InChI is InChI=1S/C21H32N2O4/c1-25-18-9-8-16(14-19(18)26-2)21(10-12-27-13-11-21)15-22-20(24)23-17-6-4-3-5-7-17/h8-9,14,17H,3-7,10-13,15H2,1-2H3,(H2,22,23,24). The number of carbonyl (C=O) groups excluding carboxylic acids is 1. The Balaban J connectivity index is 1.70.